The van der Waals surface area contributed by atoms with Crippen LogP contribution >= 0.6 is 28.1 Å². The molecule has 6 heteroatoms. The monoisotopic (exact) mass is 330 g/mol. The third kappa shape index (κ3) is 3.05. The molecule has 0 heterocycles. The van der Waals surface area contributed by atoms with Crippen molar-refractivity contribution in [2.45, 2.75) is 18.9 Å². The average molecular weight is 331 g/mol. The molecule has 1 atom stereocenters. The van der Waals surface area contributed by atoms with E-state index in [2.05, 4.69) is 21.2 Å². The predicted molar refractivity (Wildman–Crippen MR) is 74.9 cm³/mol. The van der Waals surface area contributed by atoms with E-state index in [1.165, 1.54) is 18.2 Å². The van der Waals surface area contributed by atoms with Crippen LogP contribution in [0.2, 0.25) is 0 Å². The first-order valence-corrected chi connectivity index (χ1v) is 6.74. The van der Waals surface area contributed by atoms with Crippen molar-refractivity contribution in [2.24, 2.45) is 11.7 Å². The lowest BCUT2D eigenvalue weighted by molar-refractivity contribution is 0.0942. The number of hydrogen-bond donors (Lipinski definition) is 2. The second kappa shape index (κ2) is 5.32. The minimum absolute atomic E-state index is 0.247. The van der Waals surface area contributed by atoms with Crippen LogP contribution in [-0.2, 0) is 0 Å². The number of nitrogens with one attached hydrogen (secondary N) is 1. The minimum Gasteiger partial charge on any atom is -0.392 e. The van der Waals surface area contributed by atoms with E-state index in [1.54, 1.807) is 0 Å². The maximum atomic E-state index is 13.1. The third-order valence-corrected chi connectivity index (χ3v) is 3.81. The Morgan fingerprint density at radius 2 is 2.22 bits per heavy atom. The van der Waals surface area contributed by atoms with Gasteiger partial charge in [0.15, 0.2) is 0 Å². The molecule has 1 fully saturated rings. The highest BCUT2D eigenvalue weighted by Crippen LogP contribution is 2.33. The van der Waals surface area contributed by atoms with E-state index in [9.17, 15) is 9.18 Å². The van der Waals surface area contributed by atoms with Crippen LogP contribution in [0.5, 0.6) is 0 Å². The van der Waals surface area contributed by atoms with Gasteiger partial charge in [-0.3, -0.25) is 4.79 Å². The highest BCUT2D eigenvalue weighted by molar-refractivity contribution is 9.10. The number of rotatable bonds is 4. The Bertz CT molecular complexity index is 505. The molecule has 0 aliphatic heterocycles. The van der Waals surface area contributed by atoms with Crippen LogP contribution in [0.4, 0.5) is 4.39 Å². The van der Waals surface area contributed by atoms with Crippen molar-refractivity contribution in [1.82, 2.24) is 5.32 Å². The number of thiocarbonyl (C=S) groups is 1. The molecule has 1 aromatic rings. The smallest absolute Gasteiger partial charge is 0.253 e. The third-order valence-electron chi connectivity index (χ3n) is 2.86. The Hall–Kier alpha value is -1.01. The maximum Gasteiger partial charge on any atom is 0.253 e. The fourth-order valence-corrected chi connectivity index (χ4v) is 2.42. The molecule has 0 radical (unpaired) electrons. The summed E-state index contributed by atoms with van der Waals surface area (Å²) in [6, 6.07) is 3.66. The van der Waals surface area contributed by atoms with E-state index in [0.717, 1.165) is 12.8 Å². The normalized spacial score (nSPS) is 16.1. The number of halogens is 2. The standard InChI is InChI=1S/C12H12BrFN2OS/c13-9-4-3-7(14)5-8(9)12(17)16-10(11(15)18)6-1-2-6/h3-6,10H,1-2H2,(H2,15,18)(H,16,17). The lowest BCUT2D eigenvalue weighted by atomic mass is 10.1. The van der Waals surface area contributed by atoms with E-state index in [4.69, 9.17) is 18.0 Å². The zero-order chi connectivity index (χ0) is 13.3. The topological polar surface area (TPSA) is 55.1 Å². The molecule has 1 amide bonds. The number of carbonyl (C=O) groups excluding carboxylic acids is 1. The SMILES string of the molecule is NC(=S)C(NC(=O)c1cc(F)ccc1Br)C1CC1. The molecule has 1 aromatic carbocycles. The molecule has 96 valence electrons. The molecule has 3 nitrogen and oxygen atoms in total. The lowest BCUT2D eigenvalue weighted by Crippen LogP contribution is -2.45. The van der Waals surface area contributed by atoms with Gasteiger partial charge in [0.2, 0.25) is 0 Å². The van der Waals surface area contributed by atoms with Gasteiger partial charge in [0.1, 0.15) is 5.82 Å². The van der Waals surface area contributed by atoms with E-state index < -0.39 is 5.82 Å². The first-order valence-electron chi connectivity index (χ1n) is 5.54. The van der Waals surface area contributed by atoms with Gasteiger partial charge in [-0.2, -0.15) is 0 Å². The summed E-state index contributed by atoms with van der Waals surface area (Å²) in [6.45, 7) is 0. The van der Waals surface area contributed by atoms with Crippen LogP contribution in [0.3, 0.4) is 0 Å². The molecule has 3 N–H and O–H groups in total. The summed E-state index contributed by atoms with van der Waals surface area (Å²) in [7, 11) is 0. The fourth-order valence-electron chi connectivity index (χ4n) is 1.74. The zero-order valence-corrected chi connectivity index (χ0v) is 11.9. The Labute approximate surface area is 118 Å². The lowest BCUT2D eigenvalue weighted by Gasteiger charge is -2.17. The summed E-state index contributed by atoms with van der Waals surface area (Å²) in [5, 5.41) is 2.76. The molecule has 2 rings (SSSR count). The van der Waals surface area contributed by atoms with Gasteiger partial charge in [-0.05, 0) is 52.9 Å². The van der Waals surface area contributed by atoms with Crippen molar-refractivity contribution in [3.05, 3.63) is 34.1 Å². The summed E-state index contributed by atoms with van der Waals surface area (Å²) < 4.78 is 13.7. The number of amides is 1. The van der Waals surface area contributed by atoms with E-state index in [0.29, 0.717) is 10.4 Å². The van der Waals surface area contributed by atoms with Gasteiger partial charge in [0.05, 0.1) is 16.6 Å². The molecule has 0 saturated heterocycles. The maximum absolute atomic E-state index is 13.1. The predicted octanol–water partition coefficient (Wildman–Crippen LogP) is 2.38. The van der Waals surface area contributed by atoms with Crippen LogP contribution < -0.4 is 11.1 Å². The number of benzene rings is 1. The van der Waals surface area contributed by atoms with Crippen LogP contribution in [0.25, 0.3) is 0 Å². The molecule has 0 aromatic heterocycles. The highest BCUT2D eigenvalue weighted by Gasteiger charge is 2.34. The van der Waals surface area contributed by atoms with E-state index in [-0.39, 0.29) is 22.5 Å². The van der Waals surface area contributed by atoms with Crippen molar-refractivity contribution >= 4 is 39.0 Å². The van der Waals surface area contributed by atoms with Gasteiger partial charge in [-0.1, -0.05) is 12.2 Å². The van der Waals surface area contributed by atoms with Crippen molar-refractivity contribution in [2.75, 3.05) is 0 Å². The molecule has 1 aliphatic rings. The summed E-state index contributed by atoms with van der Waals surface area (Å²) in [5.74, 6) is -0.508. The van der Waals surface area contributed by atoms with Crippen molar-refractivity contribution in [3.8, 4) is 0 Å². The van der Waals surface area contributed by atoms with Crippen LogP contribution in [0.15, 0.2) is 22.7 Å². The number of hydrogen-bond acceptors (Lipinski definition) is 2. The van der Waals surface area contributed by atoms with Crippen molar-refractivity contribution in [3.63, 3.8) is 0 Å². The molecular formula is C12H12BrFN2OS. The Balaban J connectivity index is 2.15. The van der Waals surface area contributed by atoms with E-state index >= 15 is 0 Å². The largest absolute Gasteiger partial charge is 0.392 e. The van der Waals surface area contributed by atoms with Crippen molar-refractivity contribution < 1.29 is 9.18 Å². The summed E-state index contributed by atoms with van der Waals surface area (Å²) in [5.41, 5.74) is 5.85. The first-order chi connectivity index (χ1) is 8.49. The Kier molecular flexibility index (Phi) is 3.97. The van der Waals surface area contributed by atoms with Gasteiger partial charge >= 0.3 is 0 Å². The highest BCUT2D eigenvalue weighted by atomic mass is 79.9. The molecule has 0 bridgehead atoms. The average Bonchev–Trinajstić information content (AvgIpc) is 3.12. The molecule has 18 heavy (non-hydrogen) atoms. The molecule has 0 spiro atoms. The summed E-state index contributed by atoms with van der Waals surface area (Å²) >= 11 is 8.16. The second-order valence-corrected chi connectivity index (χ2v) is 5.64. The van der Waals surface area contributed by atoms with Gasteiger partial charge in [0.25, 0.3) is 5.91 Å². The molecule has 1 aliphatic carbocycles. The van der Waals surface area contributed by atoms with Crippen LogP contribution in [0, 0.1) is 11.7 Å². The summed E-state index contributed by atoms with van der Waals surface area (Å²) in [4.78, 5) is 12.3. The molecular weight excluding hydrogens is 319 g/mol. The number of carbonyl (C=O) groups is 1. The van der Waals surface area contributed by atoms with Gasteiger partial charge in [0, 0.05) is 4.47 Å². The van der Waals surface area contributed by atoms with Gasteiger partial charge in [-0.15, -0.1) is 0 Å². The summed E-state index contributed by atoms with van der Waals surface area (Å²) in [6.07, 6.45) is 2.01. The van der Waals surface area contributed by atoms with Crippen LogP contribution in [0.1, 0.15) is 23.2 Å². The fraction of sp³-hybridized carbons (Fsp3) is 0.333. The second-order valence-electron chi connectivity index (χ2n) is 4.32. The molecule has 1 unspecified atom stereocenters. The Morgan fingerprint density at radius 3 is 2.78 bits per heavy atom. The van der Waals surface area contributed by atoms with Gasteiger partial charge in [-0.25, -0.2) is 4.39 Å². The minimum atomic E-state index is -0.457. The van der Waals surface area contributed by atoms with E-state index in [1.807, 2.05) is 0 Å². The first kappa shape index (κ1) is 13.4. The Morgan fingerprint density at radius 1 is 1.56 bits per heavy atom. The van der Waals surface area contributed by atoms with Crippen LogP contribution in [-0.4, -0.2) is 16.9 Å². The zero-order valence-electron chi connectivity index (χ0n) is 9.45. The molecule has 1 saturated carbocycles. The number of nitrogens with two attached hydrogens (primary N) is 1. The van der Waals surface area contributed by atoms with Crippen molar-refractivity contribution in [1.29, 1.82) is 0 Å². The quantitative estimate of drug-likeness (QED) is 0.833. The van der Waals surface area contributed by atoms with Gasteiger partial charge < -0.3 is 11.1 Å².